The van der Waals surface area contributed by atoms with Crippen molar-refractivity contribution < 1.29 is 84.6 Å². The Labute approximate surface area is 322 Å². The van der Waals surface area contributed by atoms with E-state index < -0.39 is 89.0 Å². The van der Waals surface area contributed by atoms with Crippen LogP contribution in [0.15, 0.2) is 0 Å². The number of aliphatic hydroxyl groups excluding tert-OH is 6. The molecule has 0 saturated carbocycles. The molecular weight excluding hydrogens is 740 g/mol. The fourth-order valence-corrected chi connectivity index (χ4v) is 7.06. The van der Waals surface area contributed by atoms with E-state index in [0.717, 1.165) is 0 Å². The van der Waals surface area contributed by atoms with Crippen LogP contribution in [0.3, 0.4) is 0 Å². The highest BCUT2D eigenvalue weighted by Crippen LogP contribution is 2.36. The van der Waals surface area contributed by atoms with Crippen LogP contribution in [-0.4, -0.2) is 127 Å². The van der Waals surface area contributed by atoms with Crippen molar-refractivity contribution in [2.75, 3.05) is 39.6 Å². The molecule has 0 atom stereocenters. The van der Waals surface area contributed by atoms with Gasteiger partial charge < -0.3 is 55.8 Å². The largest absolute Gasteiger partial charge is 0.478 e. The Kier molecular flexibility index (Phi) is 20.3. The molecule has 0 aliphatic rings. The number of hydrogen-bond acceptors (Lipinski definition) is 13. The number of carbonyl (C=O) groups excluding carboxylic acids is 2. The molecule has 0 fully saturated rings. The number of unbranched alkanes of at least 4 members (excludes halogenated alkanes) is 3. The maximum absolute atomic E-state index is 14.5. The second kappa shape index (κ2) is 24.0. The smallest absolute Gasteiger partial charge is 0.346 e. The molecule has 56 heavy (non-hydrogen) atoms. The molecule has 0 unspecified atom stereocenters. The summed E-state index contributed by atoms with van der Waals surface area (Å²) in [5.41, 5.74) is -4.82. The minimum atomic E-state index is -1.75. The maximum atomic E-state index is 14.5. The average molecular weight is 793 g/mol. The summed E-state index contributed by atoms with van der Waals surface area (Å²) in [4.78, 5) is 80.1. The number of aromatic carboxylic acids is 4. The quantitative estimate of drug-likeness (QED) is 0.0352. The Morgan fingerprint density at radius 2 is 0.518 bits per heavy atom. The summed E-state index contributed by atoms with van der Waals surface area (Å²) in [5.74, 6) is -9.67. The second-order valence-corrected chi connectivity index (χ2v) is 13.0. The zero-order valence-electron chi connectivity index (χ0n) is 31.2. The Hall–Kier alpha value is -4.78. The van der Waals surface area contributed by atoms with E-state index in [2.05, 4.69) is 0 Å². The fraction of sp³-hybridized carbons (Fsp3) is 0.538. The van der Waals surface area contributed by atoms with E-state index in [0.29, 0.717) is 0 Å². The minimum Gasteiger partial charge on any atom is -0.478 e. The minimum absolute atomic E-state index is 0.0210. The molecular formula is C39H52O17. The van der Waals surface area contributed by atoms with Crippen molar-refractivity contribution in [3.8, 4) is 0 Å². The SMILES string of the molecule is O=C(OC(=O)c1c(CCCCO)c(CCCCO)c(C(=O)O)c(C(=O)O)c1CCCCO)c1c(CCCO)c(CCCO)c(C(=O)O)c(C(=O)O)c1CCCO. The number of carbonyl (C=O) groups is 6. The zero-order valence-corrected chi connectivity index (χ0v) is 31.2. The van der Waals surface area contributed by atoms with E-state index >= 15 is 0 Å². The van der Waals surface area contributed by atoms with E-state index in [-0.39, 0.29) is 150 Å². The van der Waals surface area contributed by atoms with E-state index in [9.17, 15) is 79.8 Å². The molecule has 10 N–H and O–H groups in total. The van der Waals surface area contributed by atoms with Crippen LogP contribution < -0.4 is 0 Å². The topological polar surface area (TPSA) is 314 Å². The van der Waals surface area contributed by atoms with Crippen LogP contribution in [0.25, 0.3) is 0 Å². The maximum Gasteiger partial charge on any atom is 0.346 e. The van der Waals surface area contributed by atoms with Crippen LogP contribution in [0.4, 0.5) is 0 Å². The first-order chi connectivity index (χ1) is 26.8. The van der Waals surface area contributed by atoms with Crippen LogP contribution in [0, 0.1) is 0 Å². The third-order valence-corrected chi connectivity index (χ3v) is 9.35. The van der Waals surface area contributed by atoms with Gasteiger partial charge in [0.2, 0.25) is 0 Å². The van der Waals surface area contributed by atoms with Crippen LogP contribution in [0.1, 0.15) is 153 Å². The average Bonchev–Trinajstić information content (AvgIpc) is 3.14. The molecule has 0 radical (unpaired) electrons. The molecule has 2 aromatic carbocycles. The molecule has 0 heterocycles. The molecule has 2 aromatic rings. The predicted octanol–water partition coefficient (Wildman–Crippen LogP) is 2.20. The van der Waals surface area contributed by atoms with E-state index in [1.807, 2.05) is 0 Å². The second-order valence-electron chi connectivity index (χ2n) is 13.0. The zero-order chi connectivity index (χ0) is 41.9. The van der Waals surface area contributed by atoms with Crippen molar-refractivity contribution in [2.24, 2.45) is 0 Å². The Balaban J connectivity index is 3.19. The van der Waals surface area contributed by atoms with Crippen molar-refractivity contribution in [3.05, 3.63) is 66.8 Å². The van der Waals surface area contributed by atoms with Gasteiger partial charge in [0.25, 0.3) is 0 Å². The van der Waals surface area contributed by atoms with Crippen LogP contribution >= 0.6 is 0 Å². The molecule has 17 heteroatoms. The van der Waals surface area contributed by atoms with Crippen molar-refractivity contribution >= 4 is 35.8 Å². The lowest BCUT2D eigenvalue weighted by Crippen LogP contribution is -2.27. The molecule has 0 saturated heterocycles. The van der Waals surface area contributed by atoms with Gasteiger partial charge in [-0.2, -0.15) is 0 Å². The van der Waals surface area contributed by atoms with Gasteiger partial charge >= 0.3 is 35.8 Å². The van der Waals surface area contributed by atoms with Gasteiger partial charge in [-0.25, -0.2) is 28.8 Å². The number of carboxylic acid groups (broad SMARTS) is 4. The van der Waals surface area contributed by atoms with Gasteiger partial charge in [-0.1, -0.05) is 0 Å². The first kappa shape index (κ1) is 47.4. The van der Waals surface area contributed by atoms with Gasteiger partial charge in [0.05, 0.1) is 33.4 Å². The number of aliphatic hydroxyl groups is 6. The van der Waals surface area contributed by atoms with Gasteiger partial charge in [0, 0.05) is 39.6 Å². The highest BCUT2D eigenvalue weighted by Gasteiger charge is 2.37. The Morgan fingerprint density at radius 1 is 0.304 bits per heavy atom. The molecule has 17 nitrogen and oxygen atoms in total. The number of hydrogen-bond donors (Lipinski definition) is 10. The lowest BCUT2D eigenvalue weighted by Gasteiger charge is -2.25. The number of benzene rings is 2. The molecule has 0 bridgehead atoms. The van der Waals surface area contributed by atoms with E-state index in [4.69, 9.17) is 4.74 Å². The molecule has 0 aliphatic heterocycles. The first-order valence-corrected chi connectivity index (χ1v) is 18.5. The molecule has 310 valence electrons. The highest BCUT2D eigenvalue weighted by atomic mass is 16.6. The van der Waals surface area contributed by atoms with E-state index in [1.165, 1.54) is 0 Å². The molecule has 0 aromatic heterocycles. The standard InChI is InChI=1S/C39H52O17/c40-16-4-1-10-22-24(11-2-5-17-41)30(34(46)47)32(36(50)51)26(12-3-6-18-42)28(22)38(54)56-39(55)29-23(13-7-19-43)25(14-8-20-44)31(35(48)49)33(37(52)53)27(29)15-9-21-45/h40-45H,1-21H2,(H,46,47)(H,48,49)(H,50,51)(H,52,53). The van der Waals surface area contributed by atoms with Gasteiger partial charge in [-0.05, 0) is 130 Å². The van der Waals surface area contributed by atoms with Crippen LogP contribution in [0.5, 0.6) is 0 Å². The lowest BCUT2D eigenvalue weighted by atomic mass is 9.80. The number of esters is 2. The van der Waals surface area contributed by atoms with E-state index in [1.54, 1.807) is 0 Å². The first-order valence-electron chi connectivity index (χ1n) is 18.5. The summed E-state index contributed by atoms with van der Waals surface area (Å²) in [6.45, 7) is -2.34. The van der Waals surface area contributed by atoms with Crippen LogP contribution in [-0.2, 0) is 43.3 Å². The number of ether oxygens (including phenoxy) is 1. The third-order valence-electron chi connectivity index (χ3n) is 9.35. The monoisotopic (exact) mass is 792 g/mol. The van der Waals surface area contributed by atoms with Gasteiger partial charge in [-0.3, -0.25) is 0 Å². The molecule has 0 spiro atoms. The predicted molar refractivity (Wildman–Crippen MR) is 197 cm³/mol. The third kappa shape index (κ3) is 11.9. The summed E-state index contributed by atoms with van der Waals surface area (Å²) in [5, 5.41) is 99.0. The number of carboxylic acids is 4. The summed E-state index contributed by atoms with van der Waals surface area (Å²) in [6.07, 6.45) is -0.757. The summed E-state index contributed by atoms with van der Waals surface area (Å²) >= 11 is 0. The fourth-order valence-electron chi connectivity index (χ4n) is 7.06. The summed E-state index contributed by atoms with van der Waals surface area (Å²) < 4.78 is 5.50. The summed E-state index contributed by atoms with van der Waals surface area (Å²) in [7, 11) is 0. The summed E-state index contributed by atoms with van der Waals surface area (Å²) in [6, 6.07) is 0. The lowest BCUT2D eigenvalue weighted by molar-refractivity contribution is 0.0392. The van der Waals surface area contributed by atoms with Crippen molar-refractivity contribution in [1.82, 2.24) is 0 Å². The van der Waals surface area contributed by atoms with Crippen molar-refractivity contribution in [1.29, 1.82) is 0 Å². The highest BCUT2D eigenvalue weighted by molar-refractivity contribution is 6.12. The van der Waals surface area contributed by atoms with Gasteiger partial charge in [0.15, 0.2) is 0 Å². The molecule has 2 rings (SSSR count). The van der Waals surface area contributed by atoms with Crippen molar-refractivity contribution in [2.45, 2.75) is 96.3 Å². The Morgan fingerprint density at radius 3 is 0.786 bits per heavy atom. The Bertz CT molecular complexity index is 1730. The van der Waals surface area contributed by atoms with Gasteiger partial charge in [0.1, 0.15) is 0 Å². The molecule has 0 aliphatic carbocycles. The normalized spacial score (nSPS) is 11.1. The number of rotatable bonds is 27. The van der Waals surface area contributed by atoms with Gasteiger partial charge in [-0.15, -0.1) is 0 Å². The molecule has 0 amide bonds. The van der Waals surface area contributed by atoms with Crippen LogP contribution in [0.2, 0.25) is 0 Å². The van der Waals surface area contributed by atoms with Crippen molar-refractivity contribution in [3.63, 3.8) is 0 Å².